The van der Waals surface area contributed by atoms with Gasteiger partial charge in [-0.3, -0.25) is 4.79 Å². The van der Waals surface area contributed by atoms with Crippen LogP contribution < -0.4 is 0 Å². The predicted octanol–water partition coefficient (Wildman–Crippen LogP) is 11.2. The zero-order valence-corrected chi connectivity index (χ0v) is 34.9. The van der Waals surface area contributed by atoms with E-state index in [-0.39, 0.29) is 45.7 Å². The van der Waals surface area contributed by atoms with Crippen LogP contribution >= 0.6 is 11.6 Å². The first-order chi connectivity index (χ1) is 24.1. The molecule has 1 aromatic carbocycles. The maximum absolute atomic E-state index is 13.8. The number of aliphatic hydroxyl groups is 1. The number of carbonyl (C=O) groups is 2. The van der Waals surface area contributed by atoms with Gasteiger partial charge in [-0.1, -0.05) is 83.3 Å². The fourth-order valence-corrected chi connectivity index (χ4v) is 13.5. The Morgan fingerprint density at radius 2 is 1.58 bits per heavy atom. The van der Waals surface area contributed by atoms with Crippen molar-refractivity contribution in [3.63, 3.8) is 0 Å². The second-order valence-corrected chi connectivity index (χ2v) is 20.8. The Labute approximate surface area is 319 Å². The highest BCUT2D eigenvalue weighted by molar-refractivity contribution is 6.30. The molecule has 5 aliphatic carbocycles. The van der Waals surface area contributed by atoms with E-state index >= 15 is 0 Å². The minimum atomic E-state index is -0.695. The van der Waals surface area contributed by atoms with E-state index in [2.05, 4.69) is 48.5 Å². The Kier molecular flexibility index (Phi) is 10.4. The largest absolute Gasteiger partial charge is 0.462 e. The molecule has 6 nitrogen and oxygen atoms in total. The van der Waals surface area contributed by atoms with Gasteiger partial charge in [0.25, 0.3) is 0 Å². The molecule has 0 bridgehead atoms. The summed E-state index contributed by atoms with van der Waals surface area (Å²) >= 11 is 6.21. The van der Waals surface area contributed by atoms with Crippen LogP contribution in [0.1, 0.15) is 146 Å². The second kappa shape index (κ2) is 13.6. The van der Waals surface area contributed by atoms with Crippen LogP contribution in [0.4, 0.5) is 4.79 Å². The van der Waals surface area contributed by atoms with Crippen molar-refractivity contribution < 1.29 is 24.2 Å². The lowest BCUT2D eigenvalue weighted by Gasteiger charge is -2.72. The minimum absolute atomic E-state index is 0.0201. The highest BCUT2D eigenvalue weighted by atomic mass is 35.5. The standard InChI is InChI=1S/C45H68ClNO5/c1-28(2)32-18-23-45(36(49)27-47(39(50)52-40(4,5)6)26-30-12-14-31(46)15-13-30)25-24-43(10)33(38(32)45)16-17-35-42(9)21-20-37(51-29(3)48)41(7,8)34(42)19-22-44(35,43)11/h12-15,28,33-37,49H,16-27H2,1-11H3/t33-,34+,35-,36?,37+,42+,43-,44-,45?/m1/s1. The molecule has 0 aliphatic heterocycles. The number of aliphatic hydroxyl groups excluding tert-OH is 1. The monoisotopic (exact) mass is 737 g/mol. The molecule has 1 amide bonds. The van der Waals surface area contributed by atoms with Crippen LogP contribution in [0.3, 0.4) is 0 Å². The maximum Gasteiger partial charge on any atom is 0.410 e. The van der Waals surface area contributed by atoms with Crippen LogP contribution in [-0.4, -0.2) is 46.4 Å². The SMILES string of the molecule is CC(=O)O[C@H]1CC[C@]2(C)[C@H]3CC[C@@H]4C5=C(C(C)C)CCC5(C(O)CN(Cc5ccc(Cl)cc5)C(=O)OC(C)(C)C)CC[C@@]4(C)[C@]3(C)CC[C@H]2C1(C)C. The third kappa shape index (κ3) is 6.46. The molecule has 7 heteroatoms. The van der Waals surface area contributed by atoms with Crippen molar-refractivity contribution in [2.24, 2.45) is 50.7 Å². The van der Waals surface area contributed by atoms with Crippen LogP contribution in [-0.2, 0) is 20.8 Å². The second-order valence-electron chi connectivity index (χ2n) is 20.3. The zero-order chi connectivity index (χ0) is 38.2. The maximum atomic E-state index is 13.8. The van der Waals surface area contributed by atoms with Crippen molar-refractivity contribution in [3.05, 3.63) is 46.0 Å². The molecule has 4 fully saturated rings. The van der Waals surface area contributed by atoms with Crippen LogP contribution in [0.15, 0.2) is 35.4 Å². The highest BCUT2D eigenvalue weighted by Gasteiger charge is 2.70. The Morgan fingerprint density at radius 1 is 0.904 bits per heavy atom. The Morgan fingerprint density at radius 3 is 2.19 bits per heavy atom. The molecular formula is C45H68ClNO5. The van der Waals surface area contributed by atoms with Gasteiger partial charge in [0.1, 0.15) is 11.7 Å². The van der Waals surface area contributed by atoms with E-state index in [0.29, 0.717) is 35.2 Å². The molecule has 4 saturated carbocycles. The first kappa shape index (κ1) is 39.6. The summed E-state index contributed by atoms with van der Waals surface area (Å²) in [6.07, 6.45) is 9.62. The van der Waals surface area contributed by atoms with Gasteiger partial charge in [-0.05, 0) is 143 Å². The summed E-state index contributed by atoms with van der Waals surface area (Å²) in [7, 11) is 0. The Balaban J connectivity index is 1.33. The molecule has 1 N–H and O–H groups in total. The lowest BCUT2D eigenvalue weighted by atomic mass is 9.33. The number of carbonyl (C=O) groups excluding carboxylic acids is 2. The first-order valence-electron chi connectivity index (χ1n) is 20.4. The number of fused-ring (bicyclic) bond motifs is 7. The quantitative estimate of drug-likeness (QED) is 0.223. The van der Waals surface area contributed by atoms with E-state index in [4.69, 9.17) is 21.1 Å². The van der Waals surface area contributed by atoms with E-state index < -0.39 is 17.8 Å². The fraction of sp³-hybridized carbons (Fsp3) is 0.778. The van der Waals surface area contributed by atoms with Crippen molar-refractivity contribution in [3.8, 4) is 0 Å². The van der Waals surface area contributed by atoms with E-state index in [1.54, 1.807) is 23.0 Å². The van der Waals surface area contributed by atoms with Crippen LogP contribution in [0, 0.1) is 50.7 Å². The average Bonchev–Trinajstić information content (AvgIpc) is 3.44. The van der Waals surface area contributed by atoms with E-state index in [9.17, 15) is 14.7 Å². The number of ether oxygens (including phenoxy) is 2. The van der Waals surface area contributed by atoms with Gasteiger partial charge in [0.05, 0.1) is 12.6 Å². The topological polar surface area (TPSA) is 76.1 Å². The molecule has 1 aromatic rings. The normalized spacial score (nSPS) is 37.3. The van der Waals surface area contributed by atoms with E-state index in [1.165, 1.54) is 12.8 Å². The highest BCUT2D eigenvalue weighted by Crippen LogP contribution is 2.77. The number of benzene rings is 1. The fourth-order valence-electron chi connectivity index (χ4n) is 13.3. The lowest BCUT2D eigenvalue weighted by Crippen LogP contribution is -2.66. The van der Waals surface area contributed by atoms with Gasteiger partial charge in [-0.15, -0.1) is 0 Å². The van der Waals surface area contributed by atoms with Crippen molar-refractivity contribution in [1.29, 1.82) is 0 Å². The van der Waals surface area contributed by atoms with Crippen LogP contribution in [0.25, 0.3) is 0 Å². The van der Waals surface area contributed by atoms with E-state index in [1.807, 2.05) is 45.0 Å². The summed E-state index contributed by atoms with van der Waals surface area (Å²) in [5, 5.41) is 13.3. The molecular weight excluding hydrogens is 670 g/mol. The zero-order valence-electron chi connectivity index (χ0n) is 34.2. The van der Waals surface area contributed by atoms with Crippen LogP contribution in [0.5, 0.6) is 0 Å². The number of rotatable bonds is 7. The molecule has 2 unspecified atom stereocenters. The summed E-state index contributed by atoms with van der Waals surface area (Å²) in [6.45, 7) is 25.1. The number of amides is 1. The van der Waals surface area contributed by atoms with Crippen molar-refractivity contribution in [1.82, 2.24) is 4.90 Å². The summed E-state index contributed by atoms with van der Waals surface area (Å²) in [4.78, 5) is 27.6. The van der Waals surface area contributed by atoms with Gasteiger partial charge in [0, 0.05) is 29.3 Å². The van der Waals surface area contributed by atoms with Gasteiger partial charge in [0.15, 0.2) is 0 Å². The molecule has 0 heterocycles. The number of esters is 1. The number of nitrogens with zero attached hydrogens (tertiary/aromatic N) is 1. The smallest absolute Gasteiger partial charge is 0.410 e. The molecule has 5 aliphatic rings. The van der Waals surface area contributed by atoms with Crippen LogP contribution in [0.2, 0.25) is 5.02 Å². The van der Waals surface area contributed by atoms with Gasteiger partial charge >= 0.3 is 12.1 Å². The molecule has 0 aromatic heterocycles. The van der Waals surface area contributed by atoms with Crippen molar-refractivity contribution >= 4 is 23.7 Å². The molecule has 6 rings (SSSR count). The number of hydrogen-bond acceptors (Lipinski definition) is 5. The first-order valence-corrected chi connectivity index (χ1v) is 20.8. The molecule has 0 radical (unpaired) electrons. The average molecular weight is 738 g/mol. The summed E-state index contributed by atoms with van der Waals surface area (Å²) in [5.74, 6) is 1.78. The van der Waals surface area contributed by atoms with Crippen molar-refractivity contribution in [2.45, 2.75) is 165 Å². The molecule has 0 spiro atoms. The molecule has 52 heavy (non-hydrogen) atoms. The third-order valence-corrected chi connectivity index (χ3v) is 16.2. The number of hydrogen-bond donors (Lipinski definition) is 1. The number of allylic oxidation sites excluding steroid dienone is 1. The van der Waals surface area contributed by atoms with Gasteiger partial charge in [-0.2, -0.15) is 0 Å². The minimum Gasteiger partial charge on any atom is -0.462 e. The van der Waals surface area contributed by atoms with E-state index in [0.717, 1.165) is 56.9 Å². The molecule has 0 saturated heterocycles. The summed E-state index contributed by atoms with van der Waals surface area (Å²) in [5.41, 5.74) is 3.47. The summed E-state index contributed by atoms with van der Waals surface area (Å²) in [6, 6.07) is 7.61. The Bertz CT molecular complexity index is 1560. The Hall–Kier alpha value is -2.05. The predicted molar refractivity (Wildman–Crippen MR) is 209 cm³/mol. The number of halogens is 1. The van der Waals surface area contributed by atoms with Crippen molar-refractivity contribution in [2.75, 3.05) is 6.54 Å². The lowest BCUT2D eigenvalue weighted by molar-refractivity contribution is -0.234. The summed E-state index contributed by atoms with van der Waals surface area (Å²) < 4.78 is 11.9. The van der Waals surface area contributed by atoms with Gasteiger partial charge in [-0.25, -0.2) is 4.79 Å². The van der Waals surface area contributed by atoms with Gasteiger partial charge < -0.3 is 19.5 Å². The van der Waals surface area contributed by atoms with Gasteiger partial charge in [0.2, 0.25) is 0 Å². The molecule has 290 valence electrons. The molecule has 9 atom stereocenters. The third-order valence-electron chi connectivity index (χ3n) is 15.9.